The topological polar surface area (TPSA) is 84.7 Å². The largest absolute Gasteiger partial charge is 0.456 e. The number of carbonyl (C=O) groups is 2. The molecule has 6 nitrogen and oxygen atoms in total. The Kier molecular flexibility index (Phi) is 11.7. The highest BCUT2D eigenvalue weighted by molar-refractivity contribution is 5.98. The number of nitrogens with one attached hydrogen (secondary N) is 1. The number of esters is 1. The van der Waals surface area contributed by atoms with Gasteiger partial charge in [0.05, 0.1) is 5.56 Å². The number of hydrogen-bond acceptors (Lipinski definition) is 5. The Morgan fingerprint density at radius 3 is 2.18 bits per heavy atom. The number of nitrogens with zero attached hydrogens (tertiary/aromatic N) is 1. The predicted molar refractivity (Wildman–Crippen MR) is 158 cm³/mol. The van der Waals surface area contributed by atoms with E-state index in [2.05, 4.69) is 25.2 Å². The van der Waals surface area contributed by atoms with Gasteiger partial charge in [0.15, 0.2) is 0 Å². The minimum absolute atomic E-state index is 0.0614. The zero-order valence-corrected chi connectivity index (χ0v) is 23.8. The molecule has 3 rings (SSSR count). The van der Waals surface area contributed by atoms with Crippen molar-refractivity contribution in [3.8, 4) is 0 Å². The summed E-state index contributed by atoms with van der Waals surface area (Å²) in [4.78, 5) is 28.5. The van der Waals surface area contributed by atoms with E-state index >= 15 is 0 Å². The maximum absolute atomic E-state index is 13.4. The van der Waals surface area contributed by atoms with Gasteiger partial charge < -0.3 is 20.7 Å². The zero-order valence-electron chi connectivity index (χ0n) is 23.8. The lowest BCUT2D eigenvalue weighted by molar-refractivity contribution is 0.0238. The highest BCUT2D eigenvalue weighted by Gasteiger charge is 2.25. The van der Waals surface area contributed by atoms with E-state index in [1.165, 1.54) is 0 Å². The van der Waals surface area contributed by atoms with Gasteiger partial charge in [-0.3, -0.25) is 4.79 Å². The number of nitrogens with two attached hydrogens (primary N) is 1. The molecule has 208 valence electrons. The first-order chi connectivity index (χ1) is 18.8. The first-order valence-electron chi connectivity index (χ1n) is 14.0. The van der Waals surface area contributed by atoms with Crippen LogP contribution in [0.5, 0.6) is 0 Å². The highest BCUT2D eigenvalue weighted by atomic mass is 16.5. The molecular weight excluding hydrogens is 486 g/mol. The molecule has 0 aromatic heterocycles. The van der Waals surface area contributed by atoms with Crippen molar-refractivity contribution in [1.29, 1.82) is 0 Å². The van der Waals surface area contributed by atoms with Gasteiger partial charge in [0.25, 0.3) is 5.91 Å². The zero-order chi connectivity index (χ0) is 28.2. The van der Waals surface area contributed by atoms with Crippen LogP contribution < -0.4 is 11.1 Å². The van der Waals surface area contributed by atoms with Gasteiger partial charge in [0.1, 0.15) is 6.10 Å². The number of aryl methyl sites for hydroxylation is 2. The molecule has 0 spiro atoms. The fourth-order valence-corrected chi connectivity index (χ4v) is 4.75. The van der Waals surface area contributed by atoms with Gasteiger partial charge in [0.2, 0.25) is 0 Å². The molecule has 0 radical (unpaired) electrons. The SMILES string of the molecule is CCCN(CCC)C(=O)c1cc(C)cc(C(=O)O[C@H](CNCc2ccccc2)[C@@H](N)Cc2cccc(C)c2)c1. The van der Waals surface area contributed by atoms with E-state index in [9.17, 15) is 9.59 Å². The van der Waals surface area contributed by atoms with E-state index < -0.39 is 18.1 Å². The van der Waals surface area contributed by atoms with Crippen LogP contribution in [0.4, 0.5) is 0 Å². The summed E-state index contributed by atoms with van der Waals surface area (Å²) < 4.78 is 6.03. The second-order valence-electron chi connectivity index (χ2n) is 10.3. The molecule has 0 unspecified atom stereocenters. The first-order valence-corrected chi connectivity index (χ1v) is 14.0. The number of carbonyl (C=O) groups excluding carboxylic acids is 2. The summed E-state index contributed by atoms with van der Waals surface area (Å²) in [5, 5.41) is 3.40. The molecule has 0 heterocycles. The summed E-state index contributed by atoms with van der Waals surface area (Å²) in [6.07, 6.45) is 1.78. The third-order valence-corrected chi connectivity index (χ3v) is 6.64. The van der Waals surface area contributed by atoms with Crippen LogP contribution in [0.1, 0.15) is 69.7 Å². The van der Waals surface area contributed by atoms with Gasteiger partial charge in [-0.05, 0) is 68.0 Å². The van der Waals surface area contributed by atoms with Crippen molar-refractivity contribution >= 4 is 11.9 Å². The molecule has 3 aromatic rings. The Morgan fingerprint density at radius 2 is 1.51 bits per heavy atom. The van der Waals surface area contributed by atoms with Crippen LogP contribution in [0, 0.1) is 13.8 Å². The third kappa shape index (κ3) is 9.34. The number of benzene rings is 3. The third-order valence-electron chi connectivity index (χ3n) is 6.64. The van der Waals surface area contributed by atoms with Crippen LogP contribution in [0.3, 0.4) is 0 Å². The van der Waals surface area contributed by atoms with Crippen LogP contribution in [0.15, 0.2) is 72.8 Å². The van der Waals surface area contributed by atoms with Gasteiger partial charge >= 0.3 is 5.97 Å². The van der Waals surface area contributed by atoms with Crippen molar-refractivity contribution < 1.29 is 14.3 Å². The molecule has 0 aliphatic rings. The van der Waals surface area contributed by atoms with Crippen molar-refractivity contribution in [2.24, 2.45) is 5.73 Å². The van der Waals surface area contributed by atoms with E-state index in [4.69, 9.17) is 10.5 Å². The van der Waals surface area contributed by atoms with Crippen molar-refractivity contribution in [3.63, 3.8) is 0 Å². The Labute approximate surface area is 233 Å². The maximum Gasteiger partial charge on any atom is 0.338 e. The number of ether oxygens (including phenoxy) is 1. The lowest BCUT2D eigenvalue weighted by Crippen LogP contribution is -2.46. The average molecular weight is 530 g/mol. The van der Waals surface area contributed by atoms with Crippen molar-refractivity contribution in [1.82, 2.24) is 10.2 Å². The summed E-state index contributed by atoms with van der Waals surface area (Å²) in [6.45, 7) is 10.5. The van der Waals surface area contributed by atoms with Crippen molar-refractivity contribution in [2.45, 2.75) is 65.6 Å². The second-order valence-corrected chi connectivity index (χ2v) is 10.3. The van der Waals surface area contributed by atoms with Gasteiger partial charge in [-0.1, -0.05) is 74.0 Å². The summed E-state index contributed by atoms with van der Waals surface area (Å²) in [6, 6.07) is 23.1. The molecule has 1 amide bonds. The van der Waals surface area contributed by atoms with Gasteiger partial charge in [0, 0.05) is 37.8 Å². The van der Waals surface area contributed by atoms with Crippen LogP contribution in [-0.4, -0.2) is 48.6 Å². The van der Waals surface area contributed by atoms with Crippen molar-refractivity contribution in [3.05, 3.63) is 106 Å². The summed E-state index contributed by atoms with van der Waals surface area (Å²) in [7, 11) is 0. The van der Waals surface area contributed by atoms with E-state index in [1.54, 1.807) is 12.1 Å². The van der Waals surface area contributed by atoms with Crippen molar-refractivity contribution in [2.75, 3.05) is 19.6 Å². The normalized spacial score (nSPS) is 12.5. The molecule has 0 bridgehead atoms. The van der Waals surface area contributed by atoms with Gasteiger partial charge in [-0.25, -0.2) is 4.79 Å². The smallest absolute Gasteiger partial charge is 0.338 e. The van der Waals surface area contributed by atoms with Crippen LogP contribution in [0.25, 0.3) is 0 Å². The lowest BCUT2D eigenvalue weighted by Gasteiger charge is -2.25. The van der Waals surface area contributed by atoms with E-state index in [0.29, 0.717) is 43.7 Å². The molecule has 0 aliphatic heterocycles. The predicted octanol–water partition coefficient (Wildman–Crippen LogP) is 5.45. The van der Waals surface area contributed by atoms with E-state index in [-0.39, 0.29) is 5.91 Å². The van der Waals surface area contributed by atoms with Crippen LogP contribution in [0.2, 0.25) is 0 Å². The molecule has 2 atom stereocenters. The molecule has 0 saturated carbocycles. The van der Waals surface area contributed by atoms with E-state index in [0.717, 1.165) is 35.1 Å². The molecule has 0 fully saturated rings. The molecule has 39 heavy (non-hydrogen) atoms. The first kappa shape index (κ1) is 30.1. The monoisotopic (exact) mass is 529 g/mol. The Morgan fingerprint density at radius 1 is 0.846 bits per heavy atom. The van der Waals surface area contributed by atoms with Crippen LogP contribution in [-0.2, 0) is 17.7 Å². The van der Waals surface area contributed by atoms with Gasteiger partial charge in [-0.2, -0.15) is 0 Å². The summed E-state index contributed by atoms with van der Waals surface area (Å²) in [5.74, 6) is -0.537. The standard InChI is InChI=1S/C33H43N3O3/c1-5-15-36(16-6-2)32(37)28-18-25(4)19-29(21-28)33(38)39-31(23-35-22-26-12-8-7-9-13-26)30(34)20-27-14-10-11-24(3)17-27/h7-14,17-19,21,30-31,35H,5-6,15-16,20,22-23,34H2,1-4H3/t30-,31+/m0/s1. The average Bonchev–Trinajstić information content (AvgIpc) is 2.92. The van der Waals surface area contributed by atoms with Gasteiger partial charge in [-0.15, -0.1) is 0 Å². The van der Waals surface area contributed by atoms with Crippen LogP contribution >= 0.6 is 0 Å². The lowest BCUT2D eigenvalue weighted by atomic mass is 10.00. The summed E-state index contributed by atoms with van der Waals surface area (Å²) in [5.41, 5.74) is 11.7. The number of amides is 1. The molecule has 6 heteroatoms. The number of hydrogen-bond donors (Lipinski definition) is 2. The molecule has 3 N–H and O–H groups in total. The Hall–Kier alpha value is -3.48. The second kappa shape index (κ2) is 15.2. The maximum atomic E-state index is 13.4. The number of rotatable bonds is 14. The quantitative estimate of drug-likeness (QED) is 0.271. The molecule has 0 saturated heterocycles. The van der Waals surface area contributed by atoms with E-state index in [1.807, 2.05) is 73.3 Å². The summed E-state index contributed by atoms with van der Waals surface area (Å²) >= 11 is 0. The Bertz CT molecular complexity index is 1210. The minimum atomic E-state index is -0.557. The fourth-order valence-electron chi connectivity index (χ4n) is 4.75. The molecule has 0 aliphatic carbocycles. The molecular formula is C33H43N3O3. The Balaban J connectivity index is 1.78. The fraction of sp³-hybridized carbons (Fsp3) is 0.394. The minimum Gasteiger partial charge on any atom is -0.456 e. The molecule has 3 aromatic carbocycles. The highest BCUT2D eigenvalue weighted by Crippen LogP contribution is 2.17.